The smallest absolute Gasteiger partial charge is 0.125 e. The number of benzene rings is 1. The third-order valence-corrected chi connectivity index (χ3v) is 3.27. The van der Waals surface area contributed by atoms with Gasteiger partial charge in [0, 0.05) is 0 Å². The van der Waals surface area contributed by atoms with Crippen LogP contribution in [0.25, 0.3) is 11.0 Å². The molecular weight excluding hydrogens is 236 g/mol. The Hall–Kier alpha value is -1.86. The molecule has 1 aromatic carbocycles. The van der Waals surface area contributed by atoms with Gasteiger partial charge in [0.25, 0.3) is 0 Å². The molecule has 1 heterocycles. The normalized spacial score (nSPS) is 11.1. The van der Waals surface area contributed by atoms with Crippen LogP contribution < -0.4 is 0 Å². The van der Waals surface area contributed by atoms with Gasteiger partial charge in [-0.3, -0.25) is 4.90 Å². The van der Waals surface area contributed by atoms with Gasteiger partial charge in [0.05, 0.1) is 23.6 Å². The van der Waals surface area contributed by atoms with Gasteiger partial charge in [-0.05, 0) is 32.1 Å². The summed E-state index contributed by atoms with van der Waals surface area (Å²) in [5, 5.41) is 8.99. The minimum absolute atomic E-state index is 0.359. The van der Waals surface area contributed by atoms with Gasteiger partial charge < -0.3 is 4.57 Å². The third-order valence-electron chi connectivity index (χ3n) is 3.27. The predicted octanol–water partition coefficient (Wildman–Crippen LogP) is 2.79. The quantitative estimate of drug-likeness (QED) is 0.798. The molecule has 0 N–H and O–H groups in total. The standard InChI is InChI=1S/C15H20N4/c1-3-4-10-18(2)12-15-17-13-7-5-6-8-14(13)19(15)11-9-16/h5-8H,3-4,10-12H2,1-2H3. The van der Waals surface area contributed by atoms with E-state index < -0.39 is 0 Å². The first-order chi connectivity index (χ1) is 9.26. The summed E-state index contributed by atoms with van der Waals surface area (Å²) in [7, 11) is 2.10. The molecule has 0 aliphatic rings. The first-order valence-corrected chi connectivity index (χ1v) is 6.76. The summed E-state index contributed by atoms with van der Waals surface area (Å²) < 4.78 is 2.01. The number of nitrogens with zero attached hydrogens (tertiary/aromatic N) is 4. The molecule has 0 aliphatic carbocycles. The Morgan fingerprint density at radius 3 is 2.89 bits per heavy atom. The van der Waals surface area contributed by atoms with E-state index >= 15 is 0 Å². The molecule has 4 heteroatoms. The summed E-state index contributed by atoms with van der Waals surface area (Å²) >= 11 is 0. The summed E-state index contributed by atoms with van der Waals surface area (Å²) in [6, 6.07) is 10.2. The first-order valence-electron chi connectivity index (χ1n) is 6.76. The minimum Gasteiger partial charge on any atom is -0.313 e. The van der Waals surface area contributed by atoms with Gasteiger partial charge in [-0.15, -0.1) is 0 Å². The maximum atomic E-state index is 8.99. The van der Waals surface area contributed by atoms with Crippen molar-refractivity contribution in [1.82, 2.24) is 14.5 Å². The number of para-hydroxylation sites is 2. The zero-order valence-corrected chi connectivity index (χ0v) is 11.6. The van der Waals surface area contributed by atoms with Crippen molar-refractivity contribution < 1.29 is 0 Å². The molecule has 0 atom stereocenters. The van der Waals surface area contributed by atoms with Crippen molar-refractivity contribution in [1.29, 1.82) is 5.26 Å². The number of hydrogen-bond donors (Lipinski definition) is 0. The summed E-state index contributed by atoms with van der Waals surface area (Å²) in [6.07, 6.45) is 2.38. The first kappa shape index (κ1) is 13.6. The van der Waals surface area contributed by atoms with Crippen LogP contribution in [0, 0.1) is 11.3 Å². The number of unbranched alkanes of at least 4 members (excludes halogenated alkanes) is 1. The molecule has 0 saturated heterocycles. The van der Waals surface area contributed by atoms with E-state index in [1.165, 1.54) is 12.8 Å². The summed E-state index contributed by atoms with van der Waals surface area (Å²) in [5.74, 6) is 0.973. The maximum absolute atomic E-state index is 8.99. The maximum Gasteiger partial charge on any atom is 0.125 e. The van der Waals surface area contributed by atoms with Crippen molar-refractivity contribution in [2.45, 2.75) is 32.9 Å². The number of aromatic nitrogens is 2. The second-order valence-corrected chi connectivity index (χ2v) is 4.85. The van der Waals surface area contributed by atoms with E-state index in [9.17, 15) is 0 Å². The average Bonchev–Trinajstić information content (AvgIpc) is 2.75. The molecule has 2 aromatic rings. The highest BCUT2D eigenvalue weighted by molar-refractivity contribution is 5.75. The molecule has 4 nitrogen and oxygen atoms in total. The van der Waals surface area contributed by atoms with Gasteiger partial charge >= 0.3 is 0 Å². The van der Waals surface area contributed by atoms with Gasteiger partial charge in [-0.1, -0.05) is 25.5 Å². The molecule has 0 unspecified atom stereocenters. The van der Waals surface area contributed by atoms with Crippen LogP contribution in [0.15, 0.2) is 24.3 Å². The zero-order valence-electron chi connectivity index (χ0n) is 11.6. The van der Waals surface area contributed by atoms with E-state index in [4.69, 9.17) is 5.26 Å². The van der Waals surface area contributed by atoms with Crippen LogP contribution in [0.2, 0.25) is 0 Å². The Balaban J connectivity index is 2.26. The number of hydrogen-bond acceptors (Lipinski definition) is 3. The van der Waals surface area contributed by atoms with Gasteiger partial charge in [0.1, 0.15) is 12.4 Å². The SMILES string of the molecule is CCCCN(C)Cc1nc2ccccc2n1CC#N. The van der Waals surface area contributed by atoms with E-state index in [2.05, 4.69) is 29.9 Å². The lowest BCUT2D eigenvalue weighted by molar-refractivity contribution is 0.309. The zero-order chi connectivity index (χ0) is 13.7. The molecule has 0 amide bonds. The predicted molar refractivity (Wildman–Crippen MR) is 76.6 cm³/mol. The fraction of sp³-hybridized carbons (Fsp3) is 0.467. The highest BCUT2D eigenvalue weighted by Crippen LogP contribution is 2.16. The van der Waals surface area contributed by atoms with Crippen molar-refractivity contribution >= 4 is 11.0 Å². The fourth-order valence-corrected chi connectivity index (χ4v) is 2.24. The van der Waals surface area contributed by atoms with Crippen molar-refractivity contribution in [3.05, 3.63) is 30.1 Å². The van der Waals surface area contributed by atoms with Crippen LogP contribution >= 0.6 is 0 Å². The molecule has 0 saturated carbocycles. The van der Waals surface area contributed by atoms with Gasteiger partial charge in [0.2, 0.25) is 0 Å². The number of nitriles is 1. The van der Waals surface area contributed by atoms with Gasteiger partial charge in [-0.2, -0.15) is 5.26 Å². The molecule has 0 radical (unpaired) electrons. The van der Waals surface area contributed by atoms with E-state index in [1.54, 1.807) is 0 Å². The summed E-state index contributed by atoms with van der Waals surface area (Å²) in [5.41, 5.74) is 2.01. The van der Waals surface area contributed by atoms with E-state index in [1.807, 2.05) is 28.8 Å². The highest BCUT2D eigenvalue weighted by Gasteiger charge is 2.11. The van der Waals surface area contributed by atoms with Crippen molar-refractivity contribution in [3.8, 4) is 6.07 Å². The van der Waals surface area contributed by atoms with Crippen LogP contribution in [0.4, 0.5) is 0 Å². The lowest BCUT2D eigenvalue weighted by Gasteiger charge is -2.16. The van der Waals surface area contributed by atoms with Gasteiger partial charge in [0.15, 0.2) is 0 Å². The molecule has 1 aromatic heterocycles. The fourth-order valence-electron chi connectivity index (χ4n) is 2.24. The molecule has 0 spiro atoms. The number of fused-ring (bicyclic) bond motifs is 1. The van der Waals surface area contributed by atoms with Crippen molar-refractivity contribution in [2.24, 2.45) is 0 Å². The Morgan fingerprint density at radius 2 is 2.16 bits per heavy atom. The van der Waals surface area contributed by atoms with Crippen LogP contribution in [-0.4, -0.2) is 28.0 Å². The Bertz CT molecular complexity index is 579. The van der Waals surface area contributed by atoms with Crippen molar-refractivity contribution in [3.63, 3.8) is 0 Å². The van der Waals surface area contributed by atoms with Crippen molar-refractivity contribution in [2.75, 3.05) is 13.6 Å². The second-order valence-electron chi connectivity index (χ2n) is 4.85. The average molecular weight is 256 g/mol. The van der Waals surface area contributed by atoms with Crippen LogP contribution in [0.1, 0.15) is 25.6 Å². The van der Waals surface area contributed by atoms with Crippen LogP contribution in [0.3, 0.4) is 0 Å². The number of rotatable bonds is 6. The van der Waals surface area contributed by atoms with E-state index in [0.717, 1.165) is 29.9 Å². The summed E-state index contributed by atoms with van der Waals surface area (Å²) in [4.78, 5) is 6.91. The third kappa shape index (κ3) is 3.12. The molecule has 0 bridgehead atoms. The lowest BCUT2D eigenvalue weighted by atomic mass is 10.3. The Labute approximate surface area is 114 Å². The second kappa shape index (κ2) is 6.35. The summed E-state index contributed by atoms with van der Waals surface area (Å²) in [6.45, 7) is 4.40. The molecule has 100 valence electrons. The Kier molecular flexibility index (Phi) is 4.53. The molecular formula is C15H20N4. The topological polar surface area (TPSA) is 44.9 Å². The molecule has 2 rings (SSSR count). The van der Waals surface area contributed by atoms with Crippen LogP contribution in [0.5, 0.6) is 0 Å². The van der Waals surface area contributed by atoms with Crippen LogP contribution in [-0.2, 0) is 13.1 Å². The highest BCUT2D eigenvalue weighted by atomic mass is 15.2. The minimum atomic E-state index is 0.359. The number of imidazole rings is 1. The lowest BCUT2D eigenvalue weighted by Crippen LogP contribution is -2.21. The Morgan fingerprint density at radius 1 is 1.37 bits per heavy atom. The largest absolute Gasteiger partial charge is 0.313 e. The molecule has 0 aliphatic heterocycles. The molecule has 0 fully saturated rings. The molecule has 19 heavy (non-hydrogen) atoms. The van der Waals surface area contributed by atoms with E-state index in [-0.39, 0.29) is 0 Å². The van der Waals surface area contributed by atoms with E-state index in [0.29, 0.717) is 6.54 Å². The van der Waals surface area contributed by atoms with Gasteiger partial charge in [-0.25, -0.2) is 4.98 Å². The monoisotopic (exact) mass is 256 g/mol.